The normalized spacial score (nSPS) is 38.4. The summed E-state index contributed by atoms with van der Waals surface area (Å²) in [6, 6.07) is 0. The van der Waals surface area contributed by atoms with Gasteiger partial charge in [0.1, 0.15) is 12.2 Å². The lowest BCUT2D eigenvalue weighted by Crippen LogP contribution is -2.56. The molecule has 0 aromatic rings. The van der Waals surface area contributed by atoms with Crippen LogP contribution in [-0.2, 0) is 19.1 Å². The average molecular weight is 557 g/mol. The van der Waals surface area contributed by atoms with E-state index >= 15 is 0 Å². The third-order valence-electron chi connectivity index (χ3n) is 12.5. The predicted molar refractivity (Wildman–Crippen MR) is 159 cm³/mol. The van der Waals surface area contributed by atoms with Crippen LogP contribution >= 0.6 is 0 Å². The molecule has 8 atom stereocenters. The summed E-state index contributed by atoms with van der Waals surface area (Å²) in [5.41, 5.74) is 2.58. The molecule has 0 spiro atoms. The van der Waals surface area contributed by atoms with Crippen molar-refractivity contribution in [1.82, 2.24) is 0 Å². The van der Waals surface area contributed by atoms with Gasteiger partial charge in [0.05, 0.1) is 5.60 Å². The molecule has 4 aliphatic carbocycles. The van der Waals surface area contributed by atoms with Crippen molar-refractivity contribution in [3.05, 3.63) is 23.8 Å². The van der Waals surface area contributed by atoms with Crippen LogP contribution in [0.1, 0.15) is 127 Å². The summed E-state index contributed by atoms with van der Waals surface area (Å²) in [5.74, 6) is 0.682. The molecule has 0 saturated heterocycles. The second-order valence-corrected chi connectivity index (χ2v) is 15.5. The SMILES string of the molecule is C=C[C@@]12CC[C@H]([C@H](C)[C@H](CCC(C)(C)O)OC(C)=O)[C@@]1(C)CCC1=C2CCC2C(C)(C)[C@@H](OC(C)=O)CC[C@]12C. The molecule has 40 heavy (non-hydrogen) atoms. The Morgan fingerprint density at radius 3 is 2.27 bits per heavy atom. The molecular weight excluding hydrogens is 500 g/mol. The molecule has 0 heterocycles. The van der Waals surface area contributed by atoms with Gasteiger partial charge in [-0.15, -0.1) is 6.58 Å². The van der Waals surface area contributed by atoms with Crippen LogP contribution in [0.4, 0.5) is 0 Å². The molecule has 0 amide bonds. The van der Waals surface area contributed by atoms with Gasteiger partial charge in [-0.25, -0.2) is 0 Å². The molecule has 0 bridgehead atoms. The van der Waals surface area contributed by atoms with E-state index in [-0.39, 0.29) is 51.7 Å². The molecule has 2 fully saturated rings. The van der Waals surface area contributed by atoms with Crippen LogP contribution < -0.4 is 0 Å². The Morgan fingerprint density at radius 2 is 1.70 bits per heavy atom. The van der Waals surface area contributed by atoms with Crippen molar-refractivity contribution in [1.29, 1.82) is 0 Å². The maximum absolute atomic E-state index is 12.1. The largest absolute Gasteiger partial charge is 0.462 e. The lowest BCUT2D eigenvalue weighted by molar-refractivity contribution is -0.167. The van der Waals surface area contributed by atoms with E-state index in [0.717, 1.165) is 51.4 Å². The van der Waals surface area contributed by atoms with Crippen molar-refractivity contribution >= 4 is 11.9 Å². The number of aliphatic hydroxyl groups is 1. The van der Waals surface area contributed by atoms with Gasteiger partial charge < -0.3 is 14.6 Å². The highest BCUT2D eigenvalue weighted by Gasteiger charge is 2.65. The molecule has 4 rings (SSSR count). The number of allylic oxidation sites excluding steroid dienone is 3. The van der Waals surface area contributed by atoms with E-state index in [0.29, 0.717) is 24.7 Å². The third-order valence-corrected chi connectivity index (χ3v) is 12.5. The highest BCUT2D eigenvalue weighted by Crippen LogP contribution is 2.73. The maximum Gasteiger partial charge on any atom is 0.302 e. The van der Waals surface area contributed by atoms with Gasteiger partial charge in [0.15, 0.2) is 0 Å². The second-order valence-electron chi connectivity index (χ2n) is 15.5. The van der Waals surface area contributed by atoms with E-state index in [9.17, 15) is 14.7 Å². The number of carbonyl (C=O) groups is 2. The Morgan fingerprint density at radius 1 is 1.02 bits per heavy atom. The minimum Gasteiger partial charge on any atom is -0.462 e. The molecule has 5 heteroatoms. The minimum absolute atomic E-state index is 0.0220. The quantitative estimate of drug-likeness (QED) is 0.243. The number of fused-ring (bicyclic) bond motifs is 4. The van der Waals surface area contributed by atoms with Crippen LogP contribution in [-0.4, -0.2) is 34.9 Å². The van der Waals surface area contributed by atoms with Gasteiger partial charge in [-0.3, -0.25) is 9.59 Å². The fraction of sp³-hybridized carbons (Fsp3) is 0.829. The second kappa shape index (κ2) is 10.6. The van der Waals surface area contributed by atoms with Crippen LogP contribution in [0.2, 0.25) is 0 Å². The zero-order valence-electron chi connectivity index (χ0n) is 26.8. The zero-order valence-corrected chi connectivity index (χ0v) is 26.8. The summed E-state index contributed by atoms with van der Waals surface area (Å²) < 4.78 is 11.8. The van der Waals surface area contributed by atoms with Crippen molar-refractivity contribution in [3.63, 3.8) is 0 Å². The number of esters is 2. The highest BCUT2D eigenvalue weighted by molar-refractivity contribution is 5.66. The van der Waals surface area contributed by atoms with Crippen molar-refractivity contribution in [2.24, 2.45) is 39.4 Å². The van der Waals surface area contributed by atoms with Gasteiger partial charge in [0, 0.05) is 24.7 Å². The van der Waals surface area contributed by atoms with Crippen LogP contribution in [0, 0.1) is 39.4 Å². The Labute approximate surface area is 243 Å². The van der Waals surface area contributed by atoms with Crippen molar-refractivity contribution in [2.45, 2.75) is 144 Å². The lowest BCUT2D eigenvalue weighted by Gasteiger charge is -2.62. The summed E-state index contributed by atoms with van der Waals surface area (Å²) in [6.45, 7) is 23.1. The van der Waals surface area contributed by atoms with Gasteiger partial charge in [-0.2, -0.15) is 0 Å². The van der Waals surface area contributed by atoms with Crippen molar-refractivity contribution in [3.8, 4) is 0 Å². The summed E-state index contributed by atoms with van der Waals surface area (Å²) in [4.78, 5) is 24.0. The van der Waals surface area contributed by atoms with Crippen LogP contribution in [0.25, 0.3) is 0 Å². The smallest absolute Gasteiger partial charge is 0.302 e. The molecule has 0 aromatic carbocycles. The fourth-order valence-corrected chi connectivity index (χ4v) is 10.5. The van der Waals surface area contributed by atoms with Gasteiger partial charge >= 0.3 is 11.9 Å². The first-order valence-electron chi connectivity index (χ1n) is 15.9. The first kappa shape index (κ1) is 31.3. The highest BCUT2D eigenvalue weighted by atomic mass is 16.5. The third kappa shape index (κ3) is 5.01. The minimum atomic E-state index is -0.788. The average Bonchev–Trinajstić information content (AvgIpc) is 3.15. The zero-order chi connectivity index (χ0) is 29.9. The van der Waals surface area contributed by atoms with E-state index in [4.69, 9.17) is 9.47 Å². The molecule has 4 aliphatic rings. The first-order chi connectivity index (χ1) is 18.4. The number of carbonyl (C=O) groups excluding carboxylic acids is 2. The topological polar surface area (TPSA) is 72.8 Å². The molecule has 0 radical (unpaired) electrons. The van der Waals surface area contributed by atoms with Gasteiger partial charge in [-0.05, 0) is 107 Å². The molecule has 2 saturated carbocycles. The summed E-state index contributed by atoms with van der Waals surface area (Å²) in [5, 5.41) is 10.4. The molecular formula is C35H56O5. The number of hydrogen-bond donors (Lipinski definition) is 1. The van der Waals surface area contributed by atoms with Gasteiger partial charge in [0.25, 0.3) is 0 Å². The van der Waals surface area contributed by atoms with E-state index in [1.54, 1.807) is 11.1 Å². The lowest BCUT2D eigenvalue weighted by atomic mass is 9.43. The van der Waals surface area contributed by atoms with Gasteiger partial charge in [0.2, 0.25) is 0 Å². The van der Waals surface area contributed by atoms with Crippen LogP contribution in [0.5, 0.6) is 0 Å². The Bertz CT molecular complexity index is 1050. The molecule has 1 unspecified atom stereocenters. The van der Waals surface area contributed by atoms with E-state index in [2.05, 4.69) is 47.3 Å². The molecule has 5 nitrogen and oxygen atoms in total. The fourth-order valence-electron chi connectivity index (χ4n) is 10.5. The number of hydrogen-bond acceptors (Lipinski definition) is 5. The van der Waals surface area contributed by atoms with Crippen LogP contribution in [0.3, 0.4) is 0 Å². The van der Waals surface area contributed by atoms with Crippen molar-refractivity contribution < 1.29 is 24.2 Å². The summed E-state index contributed by atoms with van der Waals surface area (Å²) >= 11 is 0. The van der Waals surface area contributed by atoms with Gasteiger partial charge in [-0.1, -0.05) is 51.8 Å². The predicted octanol–water partition coefficient (Wildman–Crippen LogP) is 7.95. The molecule has 1 N–H and O–H groups in total. The summed E-state index contributed by atoms with van der Waals surface area (Å²) in [7, 11) is 0. The Balaban J connectivity index is 1.68. The summed E-state index contributed by atoms with van der Waals surface area (Å²) in [6.07, 6.45) is 11.9. The Hall–Kier alpha value is -1.62. The molecule has 0 aliphatic heterocycles. The monoisotopic (exact) mass is 556 g/mol. The van der Waals surface area contributed by atoms with E-state index < -0.39 is 5.60 Å². The van der Waals surface area contributed by atoms with E-state index in [1.807, 2.05) is 13.8 Å². The standard InChI is InChI=1S/C35H56O5/c1-11-35-21-15-25(22(2)28(39-23(3)36)16-18-31(5,6)38)34(35,10)20-14-26-27(35)12-13-29-32(7,8)30(40-24(4)37)17-19-33(26,29)9/h11,22,25,28-30,38H,1,12-21H2,2-10H3/t22-,25+,28-,29?,30-,33+,34+,35-/m0/s1. The van der Waals surface area contributed by atoms with Crippen molar-refractivity contribution in [2.75, 3.05) is 0 Å². The molecule has 226 valence electrons. The number of rotatable bonds is 8. The first-order valence-corrected chi connectivity index (χ1v) is 15.9. The van der Waals surface area contributed by atoms with E-state index in [1.165, 1.54) is 13.8 Å². The Kier molecular flexibility index (Phi) is 8.28. The van der Waals surface area contributed by atoms with Crippen LogP contribution in [0.15, 0.2) is 23.8 Å². The number of ether oxygens (including phenoxy) is 2. The maximum atomic E-state index is 12.1. The molecule has 0 aromatic heterocycles.